The molecule has 0 aliphatic carbocycles. The lowest BCUT2D eigenvalue weighted by molar-refractivity contribution is 0.0790. The van der Waals surface area contributed by atoms with Crippen LogP contribution in [0.2, 0.25) is 0 Å². The van der Waals surface area contributed by atoms with Gasteiger partial charge in [-0.15, -0.1) is 0 Å². The molecule has 0 unspecified atom stereocenters. The van der Waals surface area contributed by atoms with E-state index < -0.39 is 0 Å². The monoisotopic (exact) mass is 192 g/mol. The van der Waals surface area contributed by atoms with Crippen molar-refractivity contribution in [2.24, 2.45) is 5.73 Å². The molecule has 14 heavy (non-hydrogen) atoms. The highest BCUT2D eigenvalue weighted by atomic mass is 16.2. The van der Waals surface area contributed by atoms with Crippen molar-refractivity contribution in [2.45, 2.75) is 12.5 Å². The molecule has 1 aliphatic heterocycles. The standard InChI is InChI=1S/C9H12N4O/c10-8-2-4-13(6-8)9(14)7-1-3-11-12-5-7/h1,3,5,8H,2,4,6,10H2/t8-/m1/s1. The lowest BCUT2D eigenvalue weighted by Crippen LogP contribution is -2.31. The average Bonchev–Trinajstić information content (AvgIpc) is 2.65. The third kappa shape index (κ3) is 1.72. The lowest BCUT2D eigenvalue weighted by atomic mass is 10.3. The third-order valence-electron chi connectivity index (χ3n) is 2.34. The Balaban J connectivity index is 2.10. The van der Waals surface area contributed by atoms with Gasteiger partial charge in [-0.1, -0.05) is 0 Å². The quantitative estimate of drug-likeness (QED) is 0.660. The van der Waals surface area contributed by atoms with Gasteiger partial charge in [0.2, 0.25) is 0 Å². The van der Waals surface area contributed by atoms with Crippen molar-refractivity contribution in [3.05, 3.63) is 24.0 Å². The van der Waals surface area contributed by atoms with E-state index in [-0.39, 0.29) is 11.9 Å². The van der Waals surface area contributed by atoms with Gasteiger partial charge in [0.15, 0.2) is 0 Å². The number of amides is 1. The molecule has 1 aromatic heterocycles. The zero-order valence-electron chi connectivity index (χ0n) is 7.76. The zero-order valence-corrected chi connectivity index (χ0v) is 7.76. The molecule has 1 fully saturated rings. The largest absolute Gasteiger partial charge is 0.337 e. The smallest absolute Gasteiger partial charge is 0.255 e. The second-order valence-corrected chi connectivity index (χ2v) is 3.43. The van der Waals surface area contributed by atoms with Gasteiger partial charge in [-0.05, 0) is 12.5 Å². The van der Waals surface area contributed by atoms with Crippen LogP contribution in [0.15, 0.2) is 18.5 Å². The summed E-state index contributed by atoms with van der Waals surface area (Å²) >= 11 is 0. The number of carbonyl (C=O) groups is 1. The van der Waals surface area contributed by atoms with E-state index in [9.17, 15) is 4.79 Å². The number of aromatic nitrogens is 2. The topological polar surface area (TPSA) is 72.1 Å². The van der Waals surface area contributed by atoms with Gasteiger partial charge in [-0.2, -0.15) is 10.2 Å². The van der Waals surface area contributed by atoms with Crippen molar-refractivity contribution in [3.8, 4) is 0 Å². The summed E-state index contributed by atoms with van der Waals surface area (Å²) in [5.74, 6) is -0.00662. The van der Waals surface area contributed by atoms with E-state index in [0.29, 0.717) is 12.1 Å². The maximum Gasteiger partial charge on any atom is 0.255 e. The van der Waals surface area contributed by atoms with Gasteiger partial charge in [0.1, 0.15) is 0 Å². The van der Waals surface area contributed by atoms with Crippen LogP contribution in [-0.2, 0) is 0 Å². The van der Waals surface area contributed by atoms with Gasteiger partial charge < -0.3 is 10.6 Å². The number of likely N-dealkylation sites (tertiary alicyclic amines) is 1. The van der Waals surface area contributed by atoms with E-state index in [2.05, 4.69) is 10.2 Å². The van der Waals surface area contributed by atoms with Crippen molar-refractivity contribution in [2.75, 3.05) is 13.1 Å². The molecule has 0 bridgehead atoms. The molecule has 0 spiro atoms. The molecule has 5 nitrogen and oxygen atoms in total. The molecule has 1 aromatic rings. The maximum atomic E-state index is 11.8. The van der Waals surface area contributed by atoms with Gasteiger partial charge in [0.05, 0.1) is 18.0 Å². The first kappa shape index (κ1) is 9.08. The van der Waals surface area contributed by atoms with Gasteiger partial charge in [-0.25, -0.2) is 0 Å². The van der Waals surface area contributed by atoms with E-state index in [1.165, 1.54) is 12.4 Å². The molecule has 2 rings (SSSR count). The minimum absolute atomic E-state index is 0.00662. The average molecular weight is 192 g/mol. The fourth-order valence-electron chi connectivity index (χ4n) is 1.57. The van der Waals surface area contributed by atoms with E-state index >= 15 is 0 Å². The van der Waals surface area contributed by atoms with Crippen LogP contribution in [0, 0.1) is 0 Å². The van der Waals surface area contributed by atoms with Crippen molar-refractivity contribution in [1.29, 1.82) is 0 Å². The number of nitrogens with two attached hydrogens (primary N) is 1. The Morgan fingerprint density at radius 3 is 3.00 bits per heavy atom. The number of nitrogens with zero attached hydrogens (tertiary/aromatic N) is 3. The Kier molecular flexibility index (Phi) is 2.41. The highest BCUT2D eigenvalue weighted by molar-refractivity contribution is 5.93. The first-order valence-electron chi connectivity index (χ1n) is 4.59. The minimum Gasteiger partial charge on any atom is -0.337 e. The molecular weight excluding hydrogens is 180 g/mol. The van der Waals surface area contributed by atoms with Gasteiger partial charge >= 0.3 is 0 Å². The molecule has 0 aromatic carbocycles. The minimum atomic E-state index is -0.00662. The molecule has 5 heteroatoms. The van der Waals surface area contributed by atoms with Crippen molar-refractivity contribution in [3.63, 3.8) is 0 Å². The fraction of sp³-hybridized carbons (Fsp3) is 0.444. The zero-order chi connectivity index (χ0) is 9.97. The number of hydrogen-bond acceptors (Lipinski definition) is 4. The van der Waals surface area contributed by atoms with Crippen LogP contribution in [0.25, 0.3) is 0 Å². The van der Waals surface area contributed by atoms with E-state index in [0.717, 1.165) is 13.0 Å². The first-order valence-corrected chi connectivity index (χ1v) is 4.59. The summed E-state index contributed by atoms with van der Waals surface area (Å²) in [4.78, 5) is 13.5. The summed E-state index contributed by atoms with van der Waals surface area (Å²) in [7, 11) is 0. The molecule has 2 heterocycles. The van der Waals surface area contributed by atoms with Crippen LogP contribution < -0.4 is 5.73 Å². The van der Waals surface area contributed by atoms with Crippen LogP contribution in [-0.4, -0.2) is 40.1 Å². The SMILES string of the molecule is N[C@@H]1CCN(C(=O)c2ccnnc2)C1. The van der Waals surface area contributed by atoms with Gasteiger partial charge in [-0.3, -0.25) is 4.79 Å². The van der Waals surface area contributed by atoms with Crippen LogP contribution in [0.3, 0.4) is 0 Å². The Morgan fingerprint density at radius 1 is 1.57 bits per heavy atom. The van der Waals surface area contributed by atoms with Crippen LogP contribution in [0.5, 0.6) is 0 Å². The summed E-state index contributed by atoms with van der Waals surface area (Å²) in [6, 6.07) is 1.79. The Hall–Kier alpha value is -1.49. The highest BCUT2D eigenvalue weighted by Crippen LogP contribution is 2.10. The molecule has 1 saturated heterocycles. The predicted octanol–water partition coefficient (Wildman–Crippen LogP) is -0.350. The van der Waals surface area contributed by atoms with Crippen molar-refractivity contribution < 1.29 is 4.79 Å². The molecule has 1 aliphatic rings. The number of carbonyl (C=O) groups excluding carboxylic acids is 1. The molecule has 2 N–H and O–H groups in total. The van der Waals surface area contributed by atoms with E-state index in [4.69, 9.17) is 5.73 Å². The normalized spacial score (nSPS) is 21.2. The molecule has 1 atom stereocenters. The summed E-state index contributed by atoms with van der Waals surface area (Å²) in [5.41, 5.74) is 6.30. The fourth-order valence-corrected chi connectivity index (χ4v) is 1.57. The molecule has 0 saturated carbocycles. The third-order valence-corrected chi connectivity index (χ3v) is 2.34. The molecule has 0 radical (unpaired) electrons. The second kappa shape index (κ2) is 3.71. The van der Waals surface area contributed by atoms with Crippen molar-refractivity contribution in [1.82, 2.24) is 15.1 Å². The maximum absolute atomic E-state index is 11.8. The summed E-state index contributed by atoms with van der Waals surface area (Å²) in [6.45, 7) is 1.38. The Bertz CT molecular complexity index is 327. The van der Waals surface area contributed by atoms with Crippen LogP contribution in [0.4, 0.5) is 0 Å². The first-order chi connectivity index (χ1) is 6.77. The molecule has 74 valence electrons. The summed E-state index contributed by atoms with van der Waals surface area (Å²) in [5, 5.41) is 7.29. The van der Waals surface area contributed by atoms with Crippen LogP contribution >= 0.6 is 0 Å². The van der Waals surface area contributed by atoms with E-state index in [1.807, 2.05) is 0 Å². The van der Waals surface area contributed by atoms with Gasteiger partial charge in [0.25, 0.3) is 5.91 Å². The Labute approximate surface area is 81.9 Å². The highest BCUT2D eigenvalue weighted by Gasteiger charge is 2.24. The number of rotatable bonds is 1. The lowest BCUT2D eigenvalue weighted by Gasteiger charge is -2.14. The second-order valence-electron chi connectivity index (χ2n) is 3.43. The van der Waals surface area contributed by atoms with Gasteiger partial charge in [0, 0.05) is 19.1 Å². The Morgan fingerprint density at radius 2 is 2.43 bits per heavy atom. The van der Waals surface area contributed by atoms with Crippen LogP contribution in [0.1, 0.15) is 16.8 Å². The summed E-state index contributed by atoms with van der Waals surface area (Å²) < 4.78 is 0. The van der Waals surface area contributed by atoms with E-state index in [1.54, 1.807) is 11.0 Å². The predicted molar refractivity (Wildman–Crippen MR) is 50.5 cm³/mol. The summed E-state index contributed by atoms with van der Waals surface area (Å²) in [6.07, 6.45) is 3.87. The molecular formula is C9H12N4O. The molecule has 1 amide bonds. The number of hydrogen-bond donors (Lipinski definition) is 1. The van der Waals surface area contributed by atoms with Crippen molar-refractivity contribution >= 4 is 5.91 Å².